The minimum atomic E-state index is -0.396. The summed E-state index contributed by atoms with van der Waals surface area (Å²) in [5.74, 6) is -0.740. The summed E-state index contributed by atoms with van der Waals surface area (Å²) in [6.45, 7) is 0. The molecule has 3 rings (SSSR count). The van der Waals surface area contributed by atoms with Crippen LogP contribution in [0.15, 0.2) is 53.0 Å². The molecule has 1 aliphatic rings. The van der Waals surface area contributed by atoms with Crippen LogP contribution in [0.25, 0.3) is 0 Å². The Morgan fingerprint density at radius 1 is 1.05 bits per heavy atom. The minimum absolute atomic E-state index is 0.0331. The topological polar surface area (TPSA) is 34.1 Å². The van der Waals surface area contributed by atoms with Crippen LogP contribution in [-0.4, -0.2) is 12.1 Å². The molecule has 3 heteroatoms. The Bertz CT molecular complexity index is 663. The molecule has 0 heterocycles. The van der Waals surface area contributed by atoms with E-state index in [1.54, 1.807) is 6.07 Å². The highest BCUT2D eigenvalue weighted by molar-refractivity contribution is 9.10. The molecule has 2 unspecified atom stereocenters. The van der Waals surface area contributed by atoms with E-state index in [2.05, 4.69) is 15.9 Å². The fourth-order valence-corrected chi connectivity index (χ4v) is 3.15. The molecule has 94 valence electrons. The van der Waals surface area contributed by atoms with Crippen LogP contribution in [0.1, 0.15) is 33.3 Å². The minimum Gasteiger partial charge on any atom is -0.303 e. The molecule has 2 nitrogen and oxygen atoms in total. The zero-order chi connectivity index (χ0) is 13.4. The Labute approximate surface area is 119 Å². The molecular formula is C16H11BrO2. The van der Waals surface area contributed by atoms with Crippen LogP contribution in [0, 0.1) is 0 Å². The quantitative estimate of drug-likeness (QED) is 0.792. The van der Waals surface area contributed by atoms with Crippen LogP contribution in [0.2, 0.25) is 0 Å². The van der Waals surface area contributed by atoms with Crippen molar-refractivity contribution in [1.29, 1.82) is 0 Å². The molecule has 0 spiro atoms. The highest BCUT2D eigenvalue weighted by Crippen LogP contribution is 2.43. The van der Waals surface area contributed by atoms with E-state index in [0.29, 0.717) is 5.56 Å². The first-order valence-electron chi connectivity index (χ1n) is 6.06. The first-order chi connectivity index (χ1) is 9.22. The lowest BCUT2D eigenvalue weighted by Gasteiger charge is -2.14. The van der Waals surface area contributed by atoms with Crippen molar-refractivity contribution in [3.63, 3.8) is 0 Å². The molecule has 0 saturated carbocycles. The van der Waals surface area contributed by atoms with E-state index in [0.717, 1.165) is 21.9 Å². The SMILES string of the molecule is O=CC1c2ccccc2C(=O)C1c1cccc(Br)c1. The molecule has 0 saturated heterocycles. The average molecular weight is 315 g/mol. The molecule has 0 aromatic heterocycles. The number of benzene rings is 2. The van der Waals surface area contributed by atoms with Crippen LogP contribution >= 0.6 is 15.9 Å². The summed E-state index contributed by atoms with van der Waals surface area (Å²) >= 11 is 3.41. The first-order valence-corrected chi connectivity index (χ1v) is 6.85. The number of aldehydes is 1. The van der Waals surface area contributed by atoms with Crippen molar-refractivity contribution in [2.24, 2.45) is 0 Å². The summed E-state index contributed by atoms with van der Waals surface area (Å²) in [5.41, 5.74) is 2.39. The molecule has 0 bridgehead atoms. The molecule has 19 heavy (non-hydrogen) atoms. The Morgan fingerprint density at radius 3 is 2.58 bits per heavy atom. The van der Waals surface area contributed by atoms with Crippen LogP contribution in [0.3, 0.4) is 0 Å². The number of ketones is 1. The first kappa shape index (κ1) is 12.3. The molecule has 2 aromatic carbocycles. The van der Waals surface area contributed by atoms with Gasteiger partial charge in [-0.25, -0.2) is 0 Å². The number of Topliss-reactive ketones (excluding diaryl/α,β-unsaturated/α-hetero) is 1. The van der Waals surface area contributed by atoms with Crippen LogP contribution < -0.4 is 0 Å². The second kappa shape index (κ2) is 4.74. The summed E-state index contributed by atoms with van der Waals surface area (Å²) in [6, 6.07) is 15.0. The van der Waals surface area contributed by atoms with Gasteiger partial charge in [0.15, 0.2) is 5.78 Å². The molecule has 0 radical (unpaired) electrons. The highest BCUT2D eigenvalue weighted by atomic mass is 79.9. The summed E-state index contributed by atoms with van der Waals surface area (Å²) in [6.07, 6.45) is 0.884. The van der Waals surface area contributed by atoms with Crippen molar-refractivity contribution < 1.29 is 9.59 Å². The summed E-state index contributed by atoms with van der Waals surface area (Å²) in [5, 5.41) is 0. The van der Waals surface area contributed by atoms with E-state index in [1.165, 1.54) is 0 Å². The molecule has 2 atom stereocenters. The van der Waals surface area contributed by atoms with Crippen molar-refractivity contribution in [3.8, 4) is 0 Å². The number of hydrogen-bond acceptors (Lipinski definition) is 2. The molecule has 2 aromatic rings. The molecule has 1 aliphatic carbocycles. The zero-order valence-corrected chi connectivity index (χ0v) is 11.6. The van der Waals surface area contributed by atoms with E-state index in [1.807, 2.05) is 42.5 Å². The summed E-state index contributed by atoms with van der Waals surface area (Å²) in [4.78, 5) is 23.9. The van der Waals surface area contributed by atoms with Gasteiger partial charge in [-0.1, -0.05) is 52.3 Å². The van der Waals surface area contributed by atoms with Gasteiger partial charge in [-0.05, 0) is 23.3 Å². The van der Waals surface area contributed by atoms with Gasteiger partial charge in [-0.15, -0.1) is 0 Å². The van der Waals surface area contributed by atoms with Gasteiger partial charge in [-0.2, -0.15) is 0 Å². The van der Waals surface area contributed by atoms with Crippen molar-refractivity contribution in [2.75, 3.05) is 0 Å². The van der Waals surface area contributed by atoms with Crippen LogP contribution in [-0.2, 0) is 4.79 Å². The number of hydrogen-bond donors (Lipinski definition) is 0. The molecule has 0 fully saturated rings. The normalized spacial score (nSPS) is 21.2. The van der Waals surface area contributed by atoms with Gasteiger partial charge in [0.1, 0.15) is 6.29 Å². The maximum Gasteiger partial charge on any atom is 0.171 e. The standard InChI is InChI=1S/C16H11BrO2/c17-11-5-3-4-10(8-11)15-14(9-18)12-6-1-2-7-13(12)16(15)19/h1-9,14-15H. The maximum absolute atomic E-state index is 12.5. The number of carbonyl (C=O) groups is 2. The maximum atomic E-state index is 12.5. The Kier molecular flexibility index (Phi) is 3.07. The zero-order valence-electron chi connectivity index (χ0n) is 10.0. The largest absolute Gasteiger partial charge is 0.303 e. The second-order valence-corrected chi connectivity index (χ2v) is 5.56. The number of carbonyl (C=O) groups excluding carboxylic acids is 2. The fourth-order valence-electron chi connectivity index (χ4n) is 2.73. The van der Waals surface area contributed by atoms with Gasteiger partial charge in [0.2, 0.25) is 0 Å². The lowest BCUT2D eigenvalue weighted by Crippen LogP contribution is -2.12. The van der Waals surface area contributed by atoms with Gasteiger partial charge in [0, 0.05) is 10.0 Å². The third-order valence-electron chi connectivity index (χ3n) is 3.58. The van der Waals surface area contributed by atoms with Crippen molar-refractivity contribution >= 4 is 28.0 Å². The van der Waals surface area contributed by atoms with Crippen LogP contribution in [0.4, 0.5) is 0 Å². The summed E-state index contributed by atoms with van der Waals surface area (Å²) < 4.78 is 0.915. The van der Waals surface area contributed by atoms with E-state index in [9.17, 15) is 9.59 Å². The third-order valence-corrected chi connectivity index (χ3v) is 4.07. The van der Waals surface area contributed by atoms with E-state index in [4.69, 9.17) is 0 Å². The number of rotatable bonds is 2. The Balaban J connectivity index is 2.14. The third kappa shape index (κ3) is 1.94. The van der Waals surface area contributed by atoms with E-state index < -0.39 is 5.92 Å². The predicted octanol–water partition coefficient (Wildman–Crippen LogP) is 3.71. The molecule has 0 aliphatic heterocycles. The number of fused-ring (bicyclic) bond motifs is 1. The van der Waals surface area contributed by atoms with Gasteiger partial charge in [0.05, 0.1) is 11.8 Å². The van der Waals surface area contributed by atoms with E-state index in [-0.39, 0.29) is 11.7 Å². The molecular weight excluding hydrogens is 304 g/mol. The van der Waals surface area contributed by atoms with Crippen molar-refractivity contribution in [1.82, 2.24) is 0 Å². The monoisotopic (exact) mass is 314 g/mol. The molecule has 0 N–H and O–H groups in total. The van der Waals surface area contributed by atoms with E-state index >= 15 is 0 Å². The highest BCUT2D eigenvalue weighted by Gasteiger charge is 2.40. The number of halogens is 1. The van der Waals surface area contributed by atoms with Crippen molar-refractivity contribution in [2.45, 2.75) is 11.8 Å². The van der Waals surface area contributed by atoms with Gasteiger partial charge in [-0.3, -0.25) is 4.79 Å². The lowest BCUT2D eigenvalue weighted by atomic mass is 9.87. The predicted molar refractivity (Wildman–Crippen MR) is 76.5 cm³/mol. The summed E-state index contributed by atoms with van der Waals surface area (Å²) in [7, 11) is 0. The lowest BCUT2D eigenvalue weighted by molar-refractivity contribution is -0.109. The second-order valence-electron chi connectivity index (χ2n) is 4.65. The van der Waals surface area contributed by atoms with Crippen LogP contribution in [0.5, 0.6) is 0 Å². The molecule has 0 amide bonds. The van der Waals surface area contributed by atoms with Gasteiger partial charge < -0.3 is 4.79 Å². The fraction of sp³-hybridized carbons (Fsp3) is 0.125. The smallest absolute Gasteiger partial charge is 0.171 e. The Morgan fingerprint density at radius 2 is 1.84 bits per heavy atom. The van der Waals surface area contributed by atoms with Gasteiger partial charge >= 0.3 is 0 Å². The van der Waals surface area contributed by atoms with Gasteiger partial charge in [0.25, 0.3) is 0 Å². The van der Waals surface area contributed by atoms with Crippen molar-refractivity contribution in [3.05, 3.63) is 69.7 Å². The Hall–Kier alpha value is -1.74. The average Bonchev–Trinajstić information content (AvgIpc) is 2.72.